The van der Waals surface area contributed by atoms with E-state index in [1.54, 1.807) is 0 Å². The third kappa shape index (κ3) is 2.84. The standard InChI is InChI=1S/C15H22N2O/c1-11(2)8-9-17-14-7-5-4-6-13(14)16-12(3)10-15(17)18/h4-7,11-12,16H,8-10H2,1-3H3/t12-/m1/s1. The number of para-hydroxylation sites is 2. The van der Waals surface area contributed by atoms with E-state index in [1.165, 1.54) is 0 Å². The Hall–Kier alpha value is -1.51. The fourth-order valence-corrected chi connectivity index (χ4v) is 2.29. The molecule has 2 rings (SSSR count). The van der Waals surface area contributed by atoms with Crippen molar-refractivity contribution in [3.63, 3.8) is 0 Å². The molecule has 1 aromatic rings. The van der Waals surface area contributed by atoms with E-state index in [0.717, 1.165) is 24.3 Å². The molecule has 0 unspecified atom stereocenters. The fourth-order valence-electron chi connectivity index (χ4n) is 2.29. The Kier molecular flexibility index (Phi) is 3.90. The Labute approximate surface area is 109 Å². The van der Waals surface area contributed by atoms with E-state index in [2.05, 4.69) is 26.1 Å². The van der Waals surface area contributed by atoms with E-state index < -0.39 is 0 Å². The molecule has 18 heavy (non-hydrogen) atoms. The van der Waals surface area contributed by atoms with Gasteiger partial charge in [0.2, 0.25) is 5.91 Å². The van der Waals surface area contributed by atoms with Crippen molar-refractivity contribution in [1.29, 1.82) is 0 Å². The monoisotopic (exact) mass is 246 g/mol. The zero-order chi connectivity index (χ0) is 13.1. The summed E-state index contributed by atoms with van der Waals surface area (Å²) in [6.07, 6.45) is 1.60. The number of carbonyl (C=O) groups is 1. The predicted molar refractivity (Wildman–Crippen MR) is 76.0 cm³/mol. The molecule has 0 fully saturated rings. The third-order valence-electron chi connectivity index (χ3n) is 3.31. The van der Waals surface area contributed by atoms with Crippen molar-refractivity contribution in [3.8, 4) is 0 Å². The number of rotatable bonds is 3. The van der Waals surface area contributed by atoms with E-state index in [-0.39, 0.29) is 11.9 Å². The Morgan fingerprint density at radius 2 is 2.11 bits per heavy atom. The first-order chi connectivity index (χ1) is 8.58. The maximum Gasteiger partial charge on any atom is 0.229 e. The highest BCUT2D eigenvalue weighted by molar-refractivity contribution is 5.98. The van der Waals surface area contributed by atoms with Gasteiger partial charge in [0.25, 0.3) is 0 Å². The quantitative estimate of drug-likeness (QED) is 0.887. The van der Waals surface area contributed by atoms with Gasteiger partial charge in [-0.2, -0.15) is 0 Å². The summed E-state index contributed by atoms with van der Waals surface area (Å²) < 4.78 is 0. The molecule has 98 valence electrons. The molecule has 1 aromatic carbocycles. The van der Waals surface area contributed by atoms with Gasteiger partial charge in [-0.1, -0.05) is 26.0 Å². The van der Waals surface area contributed by atoms with Crippen LogP contribution in [0.2, 0.25) is 0 Å². The van der Waals surface area contributed by atoms with Gasteiger partial charge in [0.05, 0.1) is 11.4 Å². The van der Waals surface area contributed by atoms with Crippen LogP contribution in [0.1, 0.15) is 33.6 Å². The topological polar surface area (TPSA) is 32.3 Å². The molecule has 1 aliphatic heterocycles. The van der Waals surface area contributed by atoms with E-state index in [0.29, 0.717) is 12.3 Å². The first-order valence-electron chi connectivity index (χ1n) is 6.74. The molecule has 1 amide bonds. The predicted octanol–water partition coefficient (Wildman–Crippen LogP) is 3.27. The van der Waals surface area contributed by atoms with Crippen molar-refractivity contribution >= 4 is 17.3 Å². The second-order valence-corrected chi connectivity index (χ2v) is 5.49. The van der Waals surface area contributed by atoms with Crippen molar-refractivity contribution in [2.24, 2.45) is 5.92 Å². The second kappa shape index (κ2) is 5.42. The molecular weight excluding hydrogens is 224 g/mol. The molecule has 3 heteroatoms. The average Bonchev–Trinajstić information content (AvgIpc) is 2.41. The van der Waals surface area contributed by atoms with Crippen molar-refractivity contribution < 1.29 is 4.79 Å². The summed E-state index contributed by atoms with van der Waals surface area (Å²) in [5.41, 5.74) is 2.09. The van der Waals surface area contributed by atoms with Gasteiger partial charge in [0, 0.05) is 19.0 Å². The number of hydrogen-bond acceptors (Lipinski definition) is 2. The Morgan fingerprint density at radius 1 is 1.39 bits per heavy atom. The number of amides is 1. The van der Waals surface area contributed by atoms with Crippen LogP contribution in [0, 0.1) is 5.92 Å². The van der Waals surface area contributed by atoms with Crippen LogP contribution in [0.3, 0.4) is 0 Å². The van der Waals surface area contributed by atoms with Crippen molar-refractivity contribution in [1.82, 2.24) is 0 Å². The van der Waals surface area contributed by atoms with Crippen LogP contribution < -0.4 is 10.2 Å². The zero-order valence-corrected chi connectivity index (χ0v) is 11.4. The highest BCUT2D eigenvalue weighted by atomic mass is 16.2. The minimum absolute atomic E-state index is 0.197. The number of carbonyl (C=O) groups excluding carboxylic acids is 1. The number of benzene rings is 1. The van der Waals surface area contributed by atoms with Crippen LogP contribution in [0.25, 0.3) is 0 Å². The van der Waals surface area contributed by atoms with Crippen LogP contribution in [-0.4, -0.2) is 18.5 Å². The van der Waals surface area contributed by atoms with Gasteiger partial charge in [-0.25, -0.2) is 0 Å². The lowest BCUT2D eigenvalue weighted by atomic mass is 10.1. The molecule has 0 radical (unpaired) electrons. The molecule has 1 heterocycles. The molecule has 1 N–H and O–H groups in total. The summed E-state index contributed by atoms with van der Waals surface area (Å²) in [7, 11) is 0. The molecule has 0 saturated heterocycles. The van der Waals surface area contributed by atoms with E-state index in [1.807, 2.05) is 29.2 Å². The highest BCUT2D eigenvalue weighted by Gasteiger charge is 2.24. The average molecular weight is 246 g/mol. The molecule has 1 atom stereocenters. The first kappa shape index (κ1) is 12.9. The van der Waals surface area contributed by atoms with Gasteiger partial charge < -0.3 is 10.2 Å². The summed E-state index contributed by atoms with van der Waals surface area (Å²) in [5, 5.41) is 3.41. The molecule has 0 bridgehead atoms. The molecule has 1 aliphatic rings. The Morgan fingerprint density at radius 3 is 2.83 bits per heavy atom. The van der Waals surface area contributed by atoms with Crippen LogP contribution in [0.15, 0.2) is 24.3 Å². The van der Waals surface area contributed by atoms with Crippen molar-refractivity contribution in [2.75, 3.05) is 16.8 Å². The van der Waals surface area contributed by atoms with Gasteiger partial charge in [0.15, 0.2) is 0 Å². The number of anilines is 2. The molecular formula is C15H22N2O. The zero-order valence-electron chi connectivity index (χ0n) is 11.4. The van der Waals surface area contributed by atoms with E-state index >= 15 is 0 Å². The third-order valence-corrected chi connectivity index (χ3v) is 3.31. The maximum absolute atomic E-state index is 12.3. The summed E-state index contributed by atoms with van der Waals surface area (Å²) in [6.45, 7) is 7.24. The van der Waals surface area contributed by atoms with Crippen molar-refractivity contribution in [2.45, 2.75) is 39.7 Å². The van der Waals surface area contributed by atoms with Crippen LogP contribution in [0.5, 0.6) is 0 Å². The molecule has 0 saturated carbocycles. The SMILES string of the molecule is CC(C)CCN1C(=O)C[C@@H](C)Nc2ccccc21. The maximum atomic E-state index is 12.3. The molecule has 0 aromatic heterocycles. The van der Waals surface area contributed by atoms with Gasteiger partial charge in [-0.05, 0) is 31.4 Å². The number of hydrogen-bond donors (Lipinski definition) is 1. The minimum atomic E-state index is 0.197. The molecule has 3 nitrogen and oxygen atoms in total. The van der Waals surface area contributed by atoms with Gasteiger partial charge in [-0.3, -0.25) is 4.79 Å². The van der Waals surface area contributed by atoms with Crippen molar-refractivity contribution in [3.05, 3.63) is 24.3 Å². The largest absolute Gasteiger partial charge is 0.380 e. The molecule has 0 spiro atoms. The van der Waals surface area contributed by atoms with E-state index in [9.17, 15) is 4.79 Å². The fraction of sp³-hybridized carbons (Fsp3) is 0.533. The van der Waals surface area contributed by atoms with Crippen LogP contribution >= 0.6 is 0 Å². The van der Waals surface area contributed by atoms with Gasteiger partial charge in [-0.15, -0.1) is 0 Å². The Bertz CT molecular complexity index is 428. The second-order valence-electron chi connectivity index (χ2n) is 5.49. The lowest BCUT2D eigenvalue weighted by Crippen LogP contribution is -2.33. The normalized spacial score (nSPS) is 19.4. The van der Waals surface area contributed by atoms with Crippen LogP contribution in [0.4, 0.5) is 11.4 Å². The lowest BCUT2D eigenvalue weighted by molar-refractivity contribution is -0.118. The number of nitrogens with zero attached hydrogens (tertiary/aromatic N) is 1. The smallest absolute Gasteiger partial charge is 0.229 e. The minimum Gasteiger partial charge on any atom is -0.380 e. The summed E-state index contributed by atoms with van der Waals surface area (Å²) >= 11 is 0. The number of fused-ring (bicyclic) bond motifs is 1. The molecule has 0 aliphatic carbocycles. The van der Waals surface area contributed by atoms with Gasteiger partial charge in [0.1, 0.15) is 0 Å². The highest BCUT2D eigenvalue weighted by Crippen LogP contribution is 2.30. The number of nitrogens with one attached hydrogen (secondary N) is 1. The lowest BCUT2D eigenvalue weighted by Gasteiger charge is -2.23. The van der Waals surface area contributed by atoms with Gasteiger partial charge >= 0.3 is 0 Å². The summed E-state index contributed by atoms with van der Waals surface area (Å²) in [6, 6.07) is 8.27. The summed E-state index contributed by atoms with van der Waals surface area (Å²) in [4.78, 5) is 14.2. The van der Waals surface area contributed by atoms with E-state index in [4.69, 9.17) is 0 Å². The summed E-state index contributed by atoms with van der Waals surface area (Å²) in [5.74, 6) is 0.833. The first-order valence-corrected chi connectivity index (χ1v) is 6.74. The Balaban J connectivity index is 2.28. The van der Waals surface area contributed by atoms with Crippen LogP contribution in [-0.2, 0) is 4.79 Å².